The molecule has 0 aliphatic heterocycles. The number of alkyl halides is 1. The molecule has 0 heterocycles. The van der Waals surface area contributed by atoms with Crippen LogP contribution < -0.4 is 0 Å². The van der Waals surface area contributed by atoms with Gasteiger partial charge in [-0.1, -0.05) is 30.3 Å². The van der Waals surface area contributed by atoms with Crippen LogP contribution in [-0.2, 0) is 4.79 Å². The van der Waals surface area contributed by atoms with E-state index in [2.05, 4.69) is 15.9 Å². The first-order chi connectivity index (χ1) is 5.22. The van der Waals surface area contributed by atoms with Gasteiger partial charge in [-0.25, -0.2) is 0 Å². The van der Waals surface area contributed by atoms with Crippen LogP contribution in [0.1, 0.15) is 10.9 Å². The molecule has 1 nitrogen and oxygen atoms in total. The maximum atomic E-state index is 10.7. The van der Waals surface area contributed by atoms with Gasteiger partial charge in [0.15, 0.2) is 0 Å². The quantitative estimate of drug-likeness (QED) is 0.567. The van der Waals surface area contributed by atoms with Crippen LogP contribution >= 0.6 is 27.5 Å². The van der Waals surface area contributed by atoms with E-state index in [1.54, 1.807) is 0 Å². The molecule has 0 aliphatic rings. The standard InChI is InChI=1S/C8H6BrClO/c9-8(11)7(10)6-4-2-1-3-5-6/h1-5,7H. The average Bonchev–Trinajstić information content (AvgIpc) is 2.05. The fourth-order valence-corrected chi connectivity index (χ4v) is 1.16. The molecule has 11 heavy (non-hydrogen) atoms. The molecule has 0 aliphatic carbocycles. The molecular formula is C8H6BrClO. The summed E-state index contributed by atoms with van der Waals surface area (Å²) in [7, 11) is 0. The Bertz CT molecular complexity index is 248. The molecule has 1 rings (SSSR count). The highest BCUT2D eigenvalue weighted by Crippen LogP contribution is 2.22. The lowest BCUT2D eigenvalue weighted by Gasteiger charge is -2.02. The lowest BCUT2D eigenvalue weighted by molar-refractivity contribution is -0.110. The second kappa shape index (κ2) is 3.88. The van der Waals surface area contributed by atoms with Gasteiger partial charge in [0, 0.05) is 0 Å². The average molecular weight is 233 g/mol. The Hall–Kier alpha value is -0.340. The topological polar surface area (TPSA) is 17.1 Å². The third-order valence-electron chi connectivity index (χ3n) is 1.29. The van der Waals surface area contributed by atoms with E-state index in [4.69, 9.17) is 11.6 Å². The Kier molecular flexibility index (Phi) is 3.09. The van der Waals surface area contributed by atoms with E-state index < -0.39 is 5.38 Å². The lowest BCUT2D eigenvalue weighted by atomic mass is 10.2. The van der Waals surface area contributed by atoms with Gasteiger partial charge in [-0.2, -0.15) is 0 Å². The van der Waals surface area contributed by atoms with Gasteiger partial charge in [0.2, 0.25) is 4.69 Å². The van der Waals surface area contributed by atoms with E-state index in [1.807, 2.05) is 30.3 Å². The van der Waals surface area contributed by atoms with E-state index in [-0.39, 0.29) is 4.69 Å². The molecule has 0 amide bonds. The van der Waals surface area contributed by atoms with Crippen molar-refractivity contribution in [3.8, 4) is 0 Å². The van der Waals surface area contributed by atoms with Crippen molar-refractivity contribution in [1.82, 2.24) is 0 Å². The number of carbonyl (C=O) groups excluding carboxylic acids is 1. The van der Waals surface area contributed by atoms with E-state index in [9.17, 15) is 4.79 Å². The Morgan fingerprint density at radius 1 is 1.36 bits per heavy atom. The smallest absolute Gasteiger partial charge is 0.220 e. The summed E-state index contributed by atoms with van der Waals surface area (Å²) in [6.07, 6.45) is 0. The largest absolute Gasteiger partial charge is 0.285 e. The van der Waals surface area contributed by atoms with E-state index in [1.165, 1.54) is 0 Å². The minimum absolute atomic E-state index is 0.203. The molecule has 0 spiro atoms. The molecule has 1 aromatic rings. The number of rotatable bonds is 2. The minimum atomic E-state index is -0.573. The third kappa shape index (κ3) is 2.31. The van der Waals surface area contributed by atoms with E-state index in [0.29, 0.717) is 0 Å². The fourth-order valence-electron chi connectivity index (χ4n) is 0.753. The first-order valence-corrected chi connectivity index (χ1v) is 4.33. The number of halogens is 2. The maximum absolute atomic E-state index is 10.7. The van der Waals surface area contributed by atoms with Crippen molar-refractivity contribution in [1.29, 1.82) is 0 Å². The van der Waals surface area contributed by atoms with Gasteiger partial charge in [-0.3, -0.25) is 4.79 Å². The van der Waals surface area contributed by atoms with Crippen molar-refractivity contribution in [2.24, 2.45) is 0 Å². The molecule has 0 saturated heterocycles. The van der Waals surface area contributed by atoms with Gasteiger partial charge in [0.05, 0.1) is 0 Å². The van der Waals surface area contributed by atoms with Gasteiger partial charge in [-0.15, -0.1) is 11.6 Å². The Balaban J connectivity index is 2.85. The van der Waals surface area contributed by atoms with Crippen LogP contribution in [0.15, 0.2) is 30.3 Å². The van der Waals surface area contributed by atoms with Crippen LogP contribution in [0.5, 0.6) is 0 Å². The number of hydrogen-bond donors (Lipinski definition) is 0. The zero-order valence-electron chi connectivity index (χ0n) is 5.63. The molecule has 0 saturated carbocycles. The van der Waals surface area contributed by atoms with Crippen molar-refractivity contribution in [2.75, 3.05) is 0 Å². The SMILES string of the molecule is O=C(Br)C(Cl)c1ccccc1. The van der Waals surface area contributed by atoms with Crippen molar-refractivity contribution in [3.05, 3.63) is 35.9 Å². The van der Waals surface area contributed by atoms with Crippen LogP contribution in [0, 0.1) is 0 Å². The molecular weight excluding hydrogens is 227 g/mol. The molecule has 1 atom stereocenters. The molecule has 1 aromatic carbocycles. The summed E-state index contributed by atoms with van der Waals surface area (Å²) in [6, 6.07) is 9.21. The number of carbonyl (C=O) groups is 1. The Morgan fingerprint density at radius 2 is 1.91 bits per heavy atom. The summed E-state index contributed by atoms with van der Waals surface area (Å²) in [5.74, 6) is 0. The Morgan fingerprint density at radius 3 is 2.36 bits per heavy atom. The predicted octanol–water partition coefficient (Wildman–Crippen LogP) is 2.89. The highest BCUT2D eigenvalue weighted by Gasteiger charge is 2.12. The molecule has 1 unspecified atom stereocenters. The Labute approximate surface area is 78.5 Å². The second-order valence-electron chi connectivity index (χ2n) is 2.08. The van der Waals surface area contributed by atoms with Gasteiger partial charge in [0.25, 0.3) is 0 Å². The van der Waals surface area contributed by atoms with Crippen LogP contribution in [0.3, 0.4) is 0 Å². The first-order valence-electron chi connectivity index (χ1n) is 3.10. The van der Waals surface area contributed by atoms with Crippen molar-refractivity contribution >= 4 is 32.2 Å². The van der Waals surface area contributed by atoms with Crippen molar-refractivity contribution in [3.63, 3.8) is 0 Å². The zero-order valence-corrected chi connectivity index (χ0v) is 7.97. The first kappa shape index (κ1) is 8.75. The van der Waals surface area contributed by atoms with Gasteiger partial charge in [0.1, 0.15) is 5.38 Å². The number of benzene rings is 1. The zero-order chi connectivity index (χ0) is 8.27. The van der Waals surface area contributed by atoms with E-state index >= 15 is 0 Å². The minimum Gasteiger partial charge on any atom is -0.285 e. The molecule has 0 radical (unpaired) electrons. The summed E-state index contributed by atoms with van der Waals surface area (Å²) in [5.41, 5.74) is 0.816. The molecule has 0 N–H and O–H groups in total. The summed E-state index contributed by atoms with van der Waals surface area (Å²) in [4.78, 5) is 10.7. The molecule has 58 valence electrons. The molecule has 0 bridgehead atoms. The van der Waals surface area contributed by atoms with Crippen LogP contribution in [-0.4, -0.2) is 4.69 Å². The van der Waals surface area contributed by atoms with Crippen molar-refractivity contribution < 1.29 is 4.79 Å². The van der Waals surface area contributed by atoms with Crippen LogP contribution in [0.2, 0.25) is 0 Å². The molecule has 0 fully saturated rings. The van der Waals surface area contributed by atoms with Crippen LogP contribution in [0.25, 0.3) is 0 Å². The van der Waals surface area contributed by atoms with Gasteiger partial charge >= 0.3 is 0 Å². The summed E-state index contributed by atoms with van der Waals surface area (Å²) >= 11 is 8.55. The van der Waals surface area contributed by atoms with Crippen molar-refractivity contribution in [2.45, 2.75) is 5.38 Å². The predicted molar refractivity (Wildman–Crippen MR) is 49.0 cm³/mol. The highest BCUT2D eigenvalue weighted by molar-refractivity contribution is 9.18. The lowest BCUT2D eigenvalue weighted by Crippen LogP contribution is -1.97. The summed E-state index contributed by atoms with van der Waals surface area (Å²) in [6.45, 7) is 0. The number of hydrogen-bond acceptors (Lipinski definition) is 1. The normalized spacial score (nSPS) is 12.5. The van der Waals surface area contributed by atoms with Gasteiger partial charge in [-0.05, 0) is 21.5 Å². The van der Waals surface area contributed by atoms with Gasteiger partial charge < -0.3 is 0 Å². The summed E-state index contributed by atoms with van der Waals surface area (Å²) < 4.78 is -0.203. The van der Waals surface area contributed by atoms with E-state index in [0.717, 1.165) is 5.56 Å². The second-order valence-corrected chi connectivity index (χ2v) is 3.30. The molecule has 0 aromatic heterocycles. The van der Waals surface area contributed by atoms with Crippen LogP contribution in [0.4, 0.5) is 0 Å². The maximum Gasteiger partial charge on any atom is 0.220 e. The third-order valence-corrected chi connectivity index (χ3v) is 2.46. The monoisotopic (exact) mass is 232 g/mol. The summed E-state index contributed by atoms with van der Waals surface area (Å²) in [5, 5.41) is -0.573. The molecule has 3 heteroatoms. The fraction of sp³-hybridized carbons (Fsp3) is 0.125. The highest BCUT2D eigenvalue weighted by atomic mass is 79.9.